The number of likely N-dealkylation sites (tertiary alicyclic amines) is 1. The molecule has 1 aliphatic heterocycles. The van der Waals surface area contributed by atoms with E-state index in [4.69, 9.17) is 10.5 Å². The maximum atomic E-state index is 6.06. The van der Waals surface area contributed by atoms with Crippen molar-refractivity contribution in [1.82, 2.24) is 4.90 Å². The summed E-state index contributed by atoms with van der Waals surface area (Å²) < 4.78 is 5.16. The number of guanidine groups is 1. The summed E-state index contributed by atoms with van der Waals surface area (Å²) in [5, 5.41) is 3.13. The highest BCUT2D eigenvalue weighted by atomic mass is 16.5. The summed E-state index contributed by atoms with van der Waals surface area (Å²) >= 11 is 0. The third-order valence-electron chi connectivity index (χ3n) is 4.74. The van der Waals surface area contributed by atoms with Crippen molar-refractivity contribution >= 4 is 11.6 Å². The zero-order valence-electron chi connectivity index (χ0n) is 15.4. The second-order valence-electron chi connectivity index (χ2n) is 6.66. The van der Waals surface area contributed by atoms with Gasteiger partial charge in [0.15, 0.2) is 5.96 Å². The number of nitrogens with two attached hydrogens (primary N) is 1. The number of ether oxygens (including phenoxy) is 1. The molecule has 3 rings (SSSR count). The minimum absolute atomic E-state index is 0.419. The zero-order chi connectivity index (χ0) is 18.2. The first-order chi connectivity index (χ1) is 12.7. The van der Waals surface area contributed by atoms with Gasteiger partial charge in [0.1, 0.15) is 5.75 Å². The Morgan fingerprint density at radius 1 is 1.04 bits per heavy atom. The highest BCUT2D eigenvalue weighted by molar-refractivity contribution is 5.92. The van der Waals surface area contributed by atoms with Gasteiger partial charge in [0.25, 0.3) is 0 Å². The van der Waals surface area contributed by atoms with Crippen LogP contribution in [0.25, 0.3) is 0 Å². The summed E-state index contributed by atoms with van der Waals surface area (Å²) in [5.41, 5.74) is 9.53. The molecule has 0 aromatic heterocycles. The van der Waals surface area contributed by atoms with Crippen LogP contribution >= 0.6 is 0 Å². The number of nitrogens with zero attached hydrogens (tertiary/aromatic N) is 2. The lowest BCUT2D eigenvalue weighted by molar-refractivity contribution is 0.220. The average Bonchev–Trinajstić information content (AvgIpc) is 2.69. The Hall–Kier alpha value is -2.53. The van der Waals surface area contributed by atoms with Crippen LogP contribution in [0.4, 0.5) is 5.69 Å². The first-order valence-corrected chi connectivity index (χ1v) is 9.25. The van der Waals surface area contributed by atoms with Gasteiger partial charge in [-0.15, -0.1) is 0 Å². The quantitative estimate of drug-likeness (QED) is 0.616. The maximum Gasteiger partial charge on any atom is 0.193 e. The number of hydrogen-bond donors (Lipinski definition) is 2. The van der Waals surface area contributed by atoms with E-state index < -0.39 is 0 Å². The molecule has 138 valence electrons. The Labute approximate surface area is 155 Å². The van der Waals surface area contributed by atoms with Crippen molar-refractivity contribution in [1.29, 1.82) is 0 Å². The lowest BCUT2D eigenvalue weighted by Gasteiger charge is -2.27. The second-order valence-corrected chi connectivity index (χ2v) is 6.66. The van der Waals surface area contributed by atoms with Crippen molar-refractivity contribution in [3.8, 4) is 5.75 Å². The largest absolute Gasteiger partial charge is 0.497 e. The van der Waals surface area contributed by atoms with Gasteiger partial charge in [-0.05, 0) is 61.3 Å². The molecule has 0 aliphatic carbocycles. The summed E-state index contributed by atoms with van der Waals surface area (Å²) in [6, 6.07) is 16.1. The van der Waals surface area contributed by atoms with Crippen LogP contribution in [-0.4, -0.2) is 31.1 Å². The molecular formula is C21H28N4O. The number of aliphatic imine (C=N–C) groups is 1. The van der Waals surface area contributed by atoms with Crippen molar-refractivity contribution in [3.05, 3.63) is 59.7 Å². The number of methoxy groups -OCH3 is 1. The van der Waals surface area contributed by atoms with Crippen LogP contribution in [0.2, 0.25) is 0 Å². The van der Waals surface area contributed by atoms with Crippen molar-refractivity contribution < 1.29 is 4.74 Å². The van der Waals surface area contributed by atoms with Gasteiger partial charge in [0.2, 0.25) is 0 Å². The maximum absolute atomic E-state index is 6.06. The summed E-state index contributed by atoms with van der Waals surface area (Å²) in [7, 11) is 1.65. The monoisotopic (exact) mass is 352 g/mol. The molecule has 1 heterocycles. The van der Waals surface area contributed by atoms with Crippen LogP contribution in [0.1, 0.15) is 30.4 Å². The fraction of sp³-hybridized carbons (Fsp3) is 0.381. The van der Waals surface area contributed by atoms with Crippen molar-refractivity contribution in [2.24, 2.45) is 10.7 Å². The fourth-order valence-corrected chi connectivity index (χ4v) is 3.26. The molecule has 0 saturated carbocycles. The van der Waals surface area contributed by atoms with Crippen molar-refractivity contribution in [2.45, 2.75) is 32.4 Å². The standard InChI is InChI=1S/C21H28N4O/c1-26-20-11-9-19(10-12-20)24-21(22)23-15-17-7-3-4-8-18(17)16-25-13-5-2-6-14-25/h3-4,7-12H,2,5-6,13-16H2,1H3,(H3,22,23,24). The highest BCUT2D eigenvalue weighted by Gasteiger charge is 2.12. The van der Waals surface area contributed by atoms with Crippen LogP contribution in [0, 0.1) is 0 Å². The molecular weight excluding hydrogens is 324 g/mol. The smallest absolute Gasteiger partial charge is 0.193 e. The minimum Gasteiger partial charge on any atom is -0.497 e. The lowest BCUT2D eigenvalue weighted by atomic mass is 10.1. The second kappa shape index (κ2) is 9.25. The summed E-state index contributed by atoms with van der Waals surface area (Å²) in [6.07, 6.45) is 3.97. The molecule has 0 radical (unpaired) electrons. The molecule has 1 saturated heterocycles. The predicted octanol–water partition coefficient (Wildman–Crippen LogP) is 3.61. The van der Waals surface area contributed by atoms with E-state index in [9.17, 15) is 0 Å². The molecule has 1 fully saturated rings. The van der Waals surface area contributed by atoms with Crippen molar-refractivity contribution in [2.75, 3.05) is 25.5 Å². The summed E-state index contributed by atoms with van der Waals surface area (Å²) in [5.74, 6) is 1.24. The van der Waals surface area contributed by atoms with Gasteiger partial charge in [-0.25, -0.2) is 4.99 Å². The van der Waals surface area contributed by atoms with Gasteiger partial charge in [0, 0.05) is 12.2 Å². The molecule has 0 atom stereocenters. The molecule has 0 bridgehead atoms. The van der Waals surface area contributed by atoms with Gasteiger partial charge in [-0.2, -0.15) is 0 Å². The van der Waals surface area contributed by atoms with E-state index in [2.05, 4.69) is 39.5 Å². The lowest BCUT2D eigenvalue weighted by Crippen LogP contribution is -2.29. The average molecular weight is 352 g/mol. The fourth-order valence-electron chi connectivity index (χ4n) is 3.26. The zero-order valence-corrected chi connectivity index (χ0v) is 15.4. The van der Waals surface area contributed by atoms with Gasteiger partial charge < -0.3 is 15.8 Å². The van der Waals surface area contributed by atoms with Gasteiger partial charge in [-0.3, -0.25) is 4.90 Å². The van der Waals surface area contributed by atoms with E-state index >= 15 is 0 Å². The summed E-state index contributed by atoms with van der Waals surface area (Å²) in [4.78, 5) is 7.05. The number of rotatable bonds is 6. The summed E-state index contributed by atoms with van der Waals surface area (Å²) in [6.45, 7) is 3.97. The topological polar surface area (TPSA) is 62.9 Å². The van der Waals surface area contributed by atoms with E-state index in [1.807, 2.05) is 24.3 Å². The molecule has 2 aromatic carbocycles. The number of piperidine rings is 1. The van der Waals surface area contributed by atoms with Crippen LogP contribution in [0.3, 0.4) is 0 Å². The third-order valence-corrected chi connectivity index (χ3v) is 4.74. The first-order valence-electron chi connectivity index (χ1n) is 9.25. The third kappa shape index (κ3) is 5.23. The Balaban J connectivity index is 1.61. The van der Waals surface area contributed by atoms with Crippen molar-refractivity contribution in [3.63, 3.8) is 0 Å². The van der Waals surface area contributed by atoms with E-state index in [-0.39, 0.29) is 0 Å². The number of nitrogens with one attached hydrogen (secondary N) is 1. The van der Waals surface area contributed by atoms with Crippen LogP contribution in [-0.2, 0) is 13.1 Å². The van der Waals surface area contributed by atoms with E-state index in [0.29, 0.717) is 12.5 Å². The SMILES string of the molecule is COc1ccc(NC(N)=NCc2ccccc2CN2CCCCC2)cc1. The molecule has 26 heavy (non-hydrogen) atoms. The predicted molar refractivity (Wildman–Crippen MR) is 108 cm³/mol. The van der Waals surface area contributed by atoms with Gasteiger partial charge in [-0.1, -0.05) is 30.7 Å². The molecule has 0 amide bonds. The molecule has 0 unspecified atom stereocenters. The Morgan fingerprint density at radius 3 is 2.42 bits per heavy atom. The van der Waals surface area contributed by atoms with Crippen LogP contribution in [0.5, 0.6) is 5.75 Å². The molecule has 5 nitrogen and oxygen atoms in total. The molecule has 1 aliphatic rings. The van der Waals surface area contributed by atoms with Crippen LogP contribution < -0.4 is 15.8 Å². The molecule has 3 N–H and O–H groups in total. The minimum atomic E-state index is 0.419. The molecule has 2 aromatic rings. The Bertz CT molecular complexity index is 721. The van der Waals surface area contributed by atoms with Gasteiger partial charge >= 0.3 is 0 Å². The first kappa shape index (κ1) is 18.3. The molecule has 5 heteroatoms. The van der Waals surface area contributed by atoms with E-state index in [0.717, 1.165) is 18.0 Å². The highest BCUT2D eigenvalue weighted by Crippen LogP contribution is 2.17. The number of anilines is 1. The van der Waals surface area contributed by atoms with Crippen LogP contribution in [0.15, 0.2) is 53.5 Å². The number of hydrogen-bond acceptors (Lipinski definition) is 3. The van der Waals surface area contributed by atoms with E-state index in [1.165, 1.54) is 43.5 Å². The molecule has 0 spiro atoms. The van der Waals surface area contributed by atoms with E-state index in [1.54, 1.807) is 7.11 Å². The normalized spacial score (nSPS) is 15.7. The Kier molecular flexibility index (Phi) is 6.50. The number of benzene rings is 2. The van der Waals surface area contributed by atoms with Gasteiger partial charge in [0.05, 0.1) is 13.7 Å². The Morgan fingerprint density at radius 2 is 1.73 bits per heavy atom.